The van der Waals surface area contributed by atoms with Crippen molar-refractivity contribution in [2.45, 2.75) is 18.7 Å². The average molecular weight is 400 g/mol. The first-order valence-electron chi connectivity index (χ1n) is 8.04. The van der Waals surface area contributed by atoms with Crippen molar-refractivity contribution in [2.75, 3.05) is 10.0 Å². The summed E-state index contributed by atoms with van der Waals surface area (Å²) in [5, 5.41) is 2.54. The number of nitrogens with one attached hydrogen (secondary N) is 3. The number of hydrogen-bond acceptors (Lipinski definition) is 7. The Balaban J connectivity index is 1.75. The van der Waals surface area contributed by atoms with Gasteiger partial charge in [-0.3, -0.25) is 14.3 Å². The van der Waals surface area contributed by atoms with Gasteiger partial charge in [-0.25, -0.2) is 23.4 Å². The van der Waals surface area contributed by atoms with Crippen molar-refractivity contribution in [1.29, 1.82) is 0 Å². The number of H-pyrrole nitrogens is 1. The molecule has 2 aromatic heterocycles. The highest BCUT2D eigenvalue weighted by atomic mass is 32.2. The minimum Gasteiger partial charge on any atom is -0.321 e. The largest absolute Gasteiger partial charge is 0.321 e. The highest BCUT2D eigenvalue weighted by Crippen LogP contribution is 2.18. The Hall–Kier alpha value is -3.60. The van der Waals surface area contributed by atoms with Crippen LogP contribution in [0.4, 0.5) is 11.5 Å². The van der Waals surface area contributed by atoms with Crippen LogP contribution in [0.15, 0.2) is 52.4 Å². The van der Waals surface area contributed by atoms with Crippen LogP contribution in [0.2, 0.25) is 0 Å². The summed E-state index contributed by atoms with van der Waals surface area (Å²) in [5.41, 5.74) is 0.468. The lowest BCUT2D eigenvalue weighted by molar-refractivity contribution is 0.102. The topological polar surface area (TPSA) is 147 Å². The Morgan fingerprint density at radius 3 is 2.43 bits per heavy atom. The number of anilines is 2. The molecule has 0 saturated carbocycles. The van der Waals surface area contributed by atoms with Crippen molar-refractivity contribution < 1.29 is 13.2 Å². The second kappa shape index (κ2) is 7.56. The van der Waals surface area contributed by atoms with Crippen molar-refractivity contribution in [3.8, 4) is 0 Å². The maximum absolute atomic E-state index is 12.5. The third kappa shape index (κ3) is 4.57. The fraction of sp³-hybridized carbons (Fsp3) is 0.118. The number of aromatic amines is 1. The SMILES string of the molecule is Cc1cc(NS(=O)(=O)c2ccc(NC(=O)c3cc(=O)[nH]cn3)cc2)nc(C)n1. The fourth-order valence-corrected chi connectivity index (χ4v) is 3.36. The van der Waals surface area contributed by atoms with Crippen LogP contribution in [0, 0.1) is 13.8 Å². The van der Waals surface area contributed by atoms with Crippen LogP contribution in [0.3, 0.4) is 0 Å². The number of carbonyl (C=O) groups is 1. The van der Waals surface area contributed by atoms with Gasteiger partial charge in [-0.1, -0.05) is 0 Å². The van der Waals surface area contributed by atoms with Crippen LogP contribution in [0.1, 0.15) is 22.0 Å². The Bertz CT molecular complexity index is 1170. The molecule has 0 unspecified atom stereocenters. The molecule has 0 fully saturated rings. The van der Waals surface area contributed by atoms with Crippen molar-refractivity contribution >= 4 is 27.4 Å². The molecule has 11 heteroatoms. The van der Waals surface area contributed by atoms with Crippen LogP contribution in [-0.2, 0) is 10.0 Å². The lowest BCUT2D eigenvalue weighted by atomic mass is 10.3. The molecule has 3 N–H and O–H groups in total. The quantitative estimate of drug-likeness (QED) is 0.583. The van der Waals surface area contributed by atoms with Crippen molar-refractivity contribution in [1.82, 2.24) is 19.9 Å². The van der Waals surface area contributed by atoms with E-state index in [1.54, 1.807) is 13.8 Å². The van der Waals surface area contributed by atoms with Crippen LogP contribution < -0.4 is 15.6 Å². The summed E-state index contributed by atoms with van der Waals surface area (Å²) in [5.74, 6) is 0.0265. The molecule has 2 heterocycles. The van der Waals surface area contributed by atoms with E-state index < -0.39 is 21.5 Å². The molecule has 1 aromatic carbocycles. The second-order valence-electron chi connectivity index (χ2n) is 5.82. The number of aromatic nitrogens is 4. The first-order chi connectivity index (χ1) is 13.2. The van der Waals surface area contributed by atoms with E-state index in [9.17, 15) is 18.0 Å². The zero-order chi connectivity index (χ0) is 20.3. The van der Waals surface area contributed by atoms with Gasteiger partial charge in [0.15, 0.2) is 0 Å². The summed E-state index contributed by atoms with van der Waals surface area (Å²) >= 11 is 0. The van der Waals surface area contributed by atoms with E-state index in [2.05, 4.69) is 30.0 Å². The minimum atomic E-state index is -3.86. The molecule has 0 spiro atoms. The van der Waals surface area contributed by atoms with E-state index in [-0.39, 0.29) is 16.4 Å². The van der Waals surface area contributed by atoms with Crippen molar-refractivity contribution in [3.05, 3.63) is 70.3 Å². The van der Waals surface area contributed by atoms with Crippen LogP contribution in [-0.4, -0.2) is 34.3 Å². The highest BCUT2D eigenvalue weighted by molar-refractivity contribution is 7.92. The molecule has 0 aliphatic rings. The Labute approximate surface area is 160 Å². The van der Waals surface area contributed by atoms with E-state index in [0.29, 0.717) is 17.2 Å². The maximum Gasteiger partial charge on any atom is 0.274 e. The first kappa shape index (κ1) is 19.2. The number of sulfonamides is 1. The molecule has 28 heavy (non-hydrogen) atoms. The molecule has 0 radical (unpaired) electrons. The second-order valence-corrected chi connectivity index (χ2v) is 7.50. The number of nitrogens with zero attached hydrogens (tertiary/aromatic N) is 3. The third-order valence-electron chi connectivity index (χ3n) is 3.54. The summed E-state index contributed by atoms with van der Waals surface area (Å²) in [6.45, 7) is 3.40. The van der Waals surface area contributed by atoms with Gasteiger partial charge in [0.25, 0.3) is 21.5 Å². The van der Waals surface area contributed by atoms with Gasteiger partial charge in [0, 0.05) is 23.5 Å². The van der Waals surface area contributed by atoms with Gasteiger partial charge in [0.05, 0.1) is 11.2 Å². The normalized spacial score (nSPS) is 11.1. The molecule has 1 amide bonds. The molecule has 0 aliphatic heterocycles. The number of amides is 1. The third-order valence-corrected chi connectivity index (χ3v) is 4.91. The van der Waals surface area contributed by atoms with Gasteiger partial charge in [0.1, 0.15) is 17.3 Å². The monoisotopic (exact) mass is 400 g/mol. The lowest BCUT2D eigenvalue weighted by Gasteiger charge is -2.09. The Morgan fingerprint density at radius 1 is 1.07 bits per heavy atom. The number of benzene rings is 1. The lowest BCUT2D eigenvalue weighted by Crippen LogP contribution is -2.18. The maximum atomic E-state index is 12.5. The molecule has 10 nitrogen and oxygen atoms in total. The van der Waals surface area contributed by atoms with E-state index in [1.165, 1.54) is 30.3 Å². The molecule has 0 aliphatic carbocycles. The smallest absolute Gasteiger partial charge is 0.274 e. The number of carbonyl (C=O) groups excluding carboxylic acids is 1. The van der Waals surface area contributed by atoms with E-state index in [4.69, 9.17) is 0 Å². The highest BCUT2D eigenvalue weighted by Gasteiger charge is 2.16. The molecular weight excluding hydrogens is 384 g/mol. The summed E-state index contributed by atoms with van der Waals surface area (Å²) in [6, 6.07) is 8.11. The molecular formula is C17H16N6O4S. The van der Waals surface area contributed by atoms with Gasteiger partial charge in [-0.2, -0.15) is 0 Å². The van der Waals surface area contributed by atoms with Gasteiger partial charge in [-0.05, 0) is 38.1 Å². The van der Waals surface area contributed by atoms with Crippen molar-refractivity contribution in [3.63, 3.8) is 0 Å². The summed E-state index contributed by atoms with van der Waals surface area (Å²) in [6.07, 6.45) is 1.12. The number of hydrogen-bond donors (Lipinski definition) is 3. The van der Waals surface area contributed by atoms with E-state index in [1.807, 2.05) is 0 Å². The van der Waals surface area contributed by atoms with Crippen molar-refractivity contribution in [2.24, 2.45) is 0 Å². The summed E-state index contributed by atoms with van der Waals surface area (Å²) < 4.78 is 27.4. The van der Waals surface area contributed by atoms with E-state index >= 15 is 0 Å². The van der Waals surface area contributed by atoms with Crippen LogP contribution in [0.5, 0.6) is 0 Å². The molecule has 144 valence electrons. The predicted octanol–water partition coefficient (Wildman–Crippen LogP) is 1.23. The summed E-state index contributed by atoms with van der Waals surface area (Å²) in [4.78, 5) is 37.5. The minimum absolute atomic E-state index is 0.00584. The van der Waals surface area contributed by atoms with Gasteiger partial charge < -0.3 is 10.3 Å². The Morgan fingerprint density at radius 2 is 1.79 bits per heavy atom. The molecule has 0 bridgehead atoms. The van der Waals surface area contributed by atoms with Gasteiger partial charge in [0.2, 0.25) is 0 Å². The van der Waals surface area contributed by atoms with Gasteiger partial charge >= 0.3 is 0 Å². The first-order valence-corrected chi connectivity index (χ1v) is 9.52. The number of rotatable bonds is 5. The van der Waals surface area contributed by atoms with Crippen LogP contribution in [0.25, 0.3) is 0 Å². The Kier molecular flexibility index (Phi) is 5.18. The van der Waals surface area contributed by atoms with Gasteiger partial charge in [-0.15, -0.1) is 0 Å². The van der Waals surface area contributed by atoms with E-state index in [0.717, 1.165) is 12.4 Å². The number of aryl methyl sites for hydroxylation is 2. The fourth-order valence-electron chi connectivity index (χ4n) is 2.37. The van der Waals surface area contributed by atoms with Crippen LogP contribution >= 0.6 is 0 Å². The molecule has 3 aromatic rings. The zero-order valence-corrected chi connectivity index (χ0v) is 15.7. The zero-order valence-electron chi connectivity index (χ0n) is 14.9. The average Bonchev–Trinajstić information content (AvgIpc) is 2.61. The molecule has 0 saturated heterocycles. The molecule has 3 rings (SSSR count). The molecule has 0 atom stereocenters. The predicted molar refractivity (Wildman–Crippen MR) is 102 cm³/mol. The summed E-state index contributed by atoms with van der Waals surface area (Å²) in [7, 11) is -3.86. The standard InChI is InChI=1S/C17H16N6O4S/c1-10-7-15(21-11(2)20-10)23-28(26,27)13-5-3-12(4-6-13)22-17(25)14-8-16(24)19-9-18-14/h3-9H,1-2H3,(H,22,25)(H,18,19,24)(H,20,21,23).